The summed E-state index contributed by atoms with van der Waals surface area (Å²) in [6, 6.07) is 4.53. The number of thiol groups is 1. The Kier molecular flexibility index (Phi) is 4.09. The van der Waals surface area contributed by atoms with E-state index in [0.29, 0.717) is 11.2 Å². The number of carbonyl (C=O) groups is 2. The number of nitriles is 1. The summed E-state index contributed by atoms with van der Waals surface area (Å²) >= 11 is 4.05. The molecule has 0 saturated carbocycles. The van der Waals surface area contributed by atoms with Gasteiger partial charge in [0.05, 0.1) is 17.7 Å². The fourth-order valence-corrected chi connectivity index (χ4v) is 1.42. The molecule has 82 valence electrons. The maximum atomic E-state index is 11.5. The van der Waals surface area contributed by atoms with E-state index >= 15 is 0 Å². The summed E-state index contributed by atoms with van der Waals surface area (Å²) in [6.45, 7) is 1.90. The molecule has 0 saturated heterocycles. The first-order valence-corrected chi connectivity index (χ1v) is 4.98. The third kappa shape index (κ3) is 2.41. The third-order valence-corrected chi connectivity index (χ3v) is 2.30. The van der Waals surface area contributed by atoms with Gasteiger partial charge in [0.15, 0.2) is 6.29 Å². The lowest BCUT2D eigenvalue weighted by Crippen LogP contribution is -2.08. The highest BCUT2D eigenvalue weighted by Crippen LogP contribution is 2.19. The van der Waals surface area contributed by atoms with Gasteiger partial charge < -0.3 is 4.74 Å². The summed E-state index contributed by atoms with van der Waals surface area (Å²) in [5, 5.41) is 8.85. The number of benzene rings is 1. The highest BCUT2D eigenvalue weighted by Gasteiger charge is 2.15. The van der Waals surface area contributed by atoms with Crippen molar-refractivity contribution in [1.82, 2.24) is 0 Å². The second-order valence-corrected chi connectivity index (χ2v) is 3.39. The Labute approximate surface area is 98.2 Å². The Balaban J connectivity index is 3.30. The van der Waals surface area contributed by atoms with Crippen LogP contribution in [0.25, 0.3) is 0 Å². The van der Waals surface area contributed by atoms with Crippen LogP contribution in [0.2, 0.25) is 0 Å². The van der Waals surface area contributed by atoms with Gasteiger partial charge in [0.25, 0.3) is 0 Å². The van der Waals surface area contributed by atoms with Crippen molar-refractivity contribution in [2.75, 3.05) is 6.61 Å². The fourth-order valence-electron chi connectivity index (χ4n) is 1.17. The zero-order chi connectivity index (χ0) is 12.1. The lowest BCUT2D eigenvalue weighted by molar-refractivity contribution is 0.0525. The molecule has 0 heterocycles. The molecule has 0 N–H and O–H groups in total. The van der Waals surface area contributed by atoms with E-state index in [1.807, 2.05) is 6.07 Å². The summed E-state index contributed by atoms with van der Waals surface area (Å²) in [5.41, 5.74) is 0.506. The SMILES string of the molecule is CCOC(=O)c1cc(S)c(C=O)cc1C#N. The molecule has 0 atom stereocenters. The number of carbonyl (C=O) groups excluding carboxylic acids is 2. The van der Waals surface area contributed by atoms with Crippen LogP contribution in [-0.2, 0) is 4.74 Å². The third-order valence-electron chi connectivity index (χ3n) is 1.91. The van der Waals surface area contributed by atoms with Gasteiger partial charge in [-0.15, -0.1) is 12.6 Å². The number of hydrogen-bond donors (Lipinski definition) is 1. The van der Waals surface area contributed by atoms with Gasteiger partial charge in [0.2, 0.25) is 0 Å². The second kappa shape index (κ2) is 5.33. The minimum Gasteiger partial charge on any atom is -0.462 e. The van der Waals surface area contributed by atoms with Gasteiger partial charge in [0.1, 0.15) is 6.07 Å². The molecule has 1 rings (SSSR count). The molecule has 0 aliphatic rings. The van der Waals surface area contributed by atoms with Crippen molar-refractivity contribution in [3.63, 3.8) is 0 Å². The van der Waals surface area contributed by atoms with E-state index in [-0.39, 0.29) is 23.3 Å². The standard InChI is InChI=1S/C11H9NO3S/c1-2-15-11(14)9-4-10(16)8(6-13)3-7(9)5-12/h3-4,6,16H,2H2,1H3. The van der Waals surface area contributed by atoms with E-state index in [4.69, 9.17) is 10.00 Å². The van der Waals surface area contributed by atoms with Crippen molar-refractivity contribution in [3.8, 4) is 6.07 Å². The highest BCUT2D eigenvalue weighted by atomic mass is 32.1. The Bertz CT molecular complexity index is 477. The smallest absolute Gasteiger partial charge is 0.339 e. The average molecular weight is 235 g/mol. The first kappa shape index (κ1) is 12.3. The number of hydrogen-bond acceptors (Lipinski definition) is 5. The topological polar surface area (TPSA) is 67.2 Å². The van der Waals surface area contributed by atoms with E-state index in [0.717, 1.165) is 0 Å². The van der Waals surface area contributed by atoms with Gasteiger partial charge in [-0.25, -0.2) is 4.79 Å². The molecule has 1 aromatic carbocycles. The zero-order valence-electron chi connectivity index (χ0n) is 8.56. The Hall–Kier alpha value is -1.80. The number of ether oxygens (including phenoxy) is 1. The largest absolute Gasteiger partial charge is 0.462 e. The molecule has 5 heteroatoms. The summed E-state index contributed by atoms with van der Waals surface area (Å²) in [4.78, 5) is 22.5. The van der Waals surface area contributed by atoms with Gasteiger partial charge in [-0.05, 0) is 19.1 Å². The molecule has 0 aromatic heterocycles. The molecule has 0 amide bonds. The Morgan fingerprint density at radius 2 is 2.31 bits per heavy atom. The van der Waals surface area contributed by atoms with Crippen LogP contribution in [0, 0.1) is 11.3 Å². The van der Waals surface area contributed by atoms with E-state index in [9.17, 15) is 9.59 Å². The normalized spacial score (nSPS) is 9.31. The molecule has 1 aromatic rings. The van der Waals surface area contributed by atoms with Gasteiger partial charge in [-0.2, -0.15) is 5.26 Å². The van der Waals surface area contributed by atoms with Crippen molar-refractivity contribution in [2.45, 2.75) is 11.8 Å². The maximum Gasteiger partial charge on any atom is 0.339 e. The fraction of sp³-hybridized carbons (Fsp3) is 0.182. The minimum absolute atomic E-state index is 0.110. The summed E-state index contributed by atoms with van der Waals surface area (Å²) in [6.07, 6.45) is 0.581. The van der Waals surface area contributed by atoms with E-state index in [2.05, 4.69) is 12.6 Å². The van der Waals surface area contributed by atoms with Crippen LogP contribution >= 0.6 is 12.6 Å². The Morgan fingerprint density at radius 3 is 2.81 bits per heavy atom. The maximum absolute atomic E-state index is 11.5. The van der Waals surface area contributed by atoms with Crippen molar-refractivity contribution < 1.29 is 14.3 Å². The highest BCUT2D eigenvalue weighted by molar-refractivity contribution is 7.80. The molecule has 4 nitrogen and oxygen atoms in total. The first-order valence-electron chi connectivity index (χ1n) is 4.53. The molecular weight excluding hydrogens is 226 g/mol. The van der Waals surface area contributed by atoms with Crippen LogP contribution in [-0.4, -0.2) is 18.9 Å². The molecule has 0 unspecified atom stereocenters. The van der Waals surface area contributed by atoms with Crippen LogP contribution in [0.15, 0.2) is 17.0 Å². The number of aldehydes is 1. The van der Waals surface area contributed by atoms with Crippen LogP contribution in [0.5, 0.6) is 0 Å². The van der Waals surface area contributed by atoms with Crippen LogP contribution < -0.4 is 0 Å². The van der Waals surface area contributed by atoms with Crippen molar-refractivity contribution in [3.05, 3.63) is 28.8 Å². The molecule has 0 bridgehead atoms. The van der Waals surface area contributed by atoms with Crippen LogP contribution in [0.4, 0.5) is 0 Å². The average Bonchev–Trinajstić information content (AvgIpc) is 2.29. The molecule has 0 aliphatic heterocycles. The number of esters is 1. The molecule has 0 spiro atoms. The van der Waals surface area contributed by atoms with Crippen molar-refractivity contribution >= 4 is 24.9 Å². The molecule has 0 radical (unpaired) electrons. The van der Waals surface area contributed by atoms with Crippen LogP contribution in [0.1, 0.15) is 33.2 Å². The van der Waals surface area contributed by atoms with Crippen molar-refractivity contribution in [1.29, 1.82) is 5.26 Å². The molecule has 0 aliphatic carbocycles. The molecule has 16 heavy (non-hydrogen) atoms. The van der Waals surface area contributed by atoms with Gasteiger partial charge in [0, 0.05) is 10.5 Å². The van der Waals surface area contributed by atoms with Gasteiger partial charge >= 0.3 is 5.97 Å². The Morgan fingerprint density at radius 1 is 1.62 bits per heavy atom. The zero-order valence-corrected chi connectivity index (χ0v) is 9.45. The predicted molar refractivity (Wildman–Crippen MR) is 59.8 cm³/mol. The van der Waals surface area contributed by atoms with Crippen molar-refractivity contribution in [2.24, 2.45) is 0 Å². The molecule has 0 fully saturated rings. The second-order valence-electron chi connectivity index (χ2n) is 2.91. The minimum atomic E-state index is -0.591. The first-order chi connectivity index (χ1) is 7.63. The predicted octanol–water partition coefficient (Wildman–Crippen LogP) is 1.84. The number of nitrogens with zero attached hydrogens (tertiary/aromatic N) is 1. The van der Waals surface area contributed by atoms with Gasteiger partial charge in [-0.1, -0.05) is 0 Å². The van der Waals surface area contributed by atoms with E-state index < -0.39 is 5.97 Å². The van der Waals surface area contributed by atoms with E-state index in [1.165, 1.54) is 12.1 Å². The quantitative estimate of drug-likeness (QED) is 0.493. The summed E-state index contributed by atoms with van der Waals surface area (Å²) in [5.74, 6) is -0.591. The van der Waals surface area contributed by atoms with Gasteiger partial charge in [-0.3, -0.25) is 4.79 Å². The number of rotatable bonds is 3. The summed E-state index contributed by atoms with van der Waals surface area (Å²) < 4.78 is 4.79. The lowest BCUT2D eigenvalue weighted by atomic mass is 10.1. The lowest BCUT2D eigenvalue weighted by Gasteiger charge is -2.06. The summed E-state index contributed by atoms with van der Waals surface area (Å²) in [7, 11) is 0. The molecular formula is C11H9NO3S. The monoisotopic (exact) mass is 235 g/mol. The van der Waals surface area contributed by atoms with Crippen LogP contribution in [0.3, 0.4) is 0 Å². The van der Waals surface area contributed by atoms with E-state index in [1.54, 1.807) is 6.92 Å².